The van der Waals surface area contributed by atoms with E-state index in [-0.39, 0.29) is 18.3 Å². The number of anilines is 1. The lowest BCUT2D eigenvalue weighted by molar-refractivity contribution is -0.113. The Hall–Kier alpha value is -3.48. The molecule has 0 saturated carbocycles. The number of hydrogen-bond acceptors (Lipinski definition) is 2. The van der Waals surface area contributed by atoms with Crippen molar-refractivity contribution in [3.63, 3.8) is 0 Å². The van der Waals surface area contributed by atoms with Crippen LogP contribution in [0.1, 0.15) is 22.3 Å². The molecule has 0 atom stereocenters. The largest absolute Gasteiger partial charge is 0.342 e. The van der Waals surface area contributed by atoms with Crippen molar-refractivity contribution in [1.82, 2.24) is 9.88 Å². The number of nitrogens with zero attached hydrogens (tertiary/aromatic N) is 2. The number of fused-ring (bicyclic) bond motifs is 1. The highest BCUT2D eigenvalue weighted by Gasteiger charge is 2.32. The number of thiocarbonyl (C=S) groups is 1. The van der Waals surface area contributed by atoms with E-state index in [1.807, 2.05) is 67.1 Å². The lowest BCUT2D eigenvalue weighted by Crippen LogP contribution is -2.30. The summed E-state index contributed by atoms with van der Waals surface area (Å²) in [5.74, 6) is -0.575. The lowest BCUT2D eigenvalue weighted by atomic mass is 10.1. The first kappa shape index (κ1) is 22.3. The fourth-order valence-electron chi connectivity index (χ4n) is 4.16. The Kier molecular flexibility index (Phi) is 5.71. The van der Waals surface area contributed by atoms with E-state index in [1.54, 1.807) is 18.2 Å². The molecule has 7 heteroatoms. The van der Waals surface area contributed by atoms with Crippen LogP contribution >= 0.6 is 23.8 Å². The molecule has 1 aliphatic rings. The number of aryl methyl sites for hydroxylation is 2. The Labute approximate surface area is 207 Å². The summed E-state index contributed by atoms with van der Waals surface area (Å²) in [6.07, 6.45) is 3.69. The van der Waals surface area contributed by atoms with Gasteiger partial charge in [0.25, 0.3) is 5.91 Å². The van der Waals surface area contributed by atoms with Gasteiger partial charge in [-0.2, -0.15) is 0 Å². The van der Waals surface area contributed by atoms with E-state index in [0.717, 1.165) is 33.3 Å². The van der Waals surface area contributed by atoms with Gasteiger partial charge in [-0.1, -0.05) is 41.9 Å². The molecule has 4 nitrogen and oxygen atoms in total. The maximum absolute atomic E-state index is 14.4. The predicted octanol–water partition coefficient (Wildman–Crippen LogP) is 6.36. The van der Waals surface area contributed by atoms with E-state index in [1.165, 1.54) is 11.0 Å². The Morgan fingerprint density at radius 2 is 1.85 bits per heavy atom. The summed E-state index contributed by atoms with van der Waals surface area (Å²) in [4.78, 5) is 14.8. The number of aromatic nitrogens is 1. The van der Waals surface area contributed by atoms with Crippen molar-refractivity contribution in [1.29, 1.82) is 0 Å². The van der Waals surface area contributed by atoms with Gasteiger partial charge in [-0.15, -0.1) is 0 Å². The molecular formula is C27H21ClFN3OS. The summed E-state index contributed by atoms with van der Waals surface area (Å²) in [7, 11) is 0. The second-order valence-electron chi connectivity index (χ2n) is 8.33. The van der Waals surface area contributed by atoms with Gasteiger partial charge >= 0.3 is 0 Å². The molecule has 34 heavy (non-hydrogen) atoms. The van der Waals surface area contributed by atoms with E-state index in [4.69, 9.17) is 23.8 Å². The summed E-state index contributed by atoms with van der Waals surface area (Å²) in [6.45, 7) is 4.30. The van der Waals surface area contributed by atoms with Gasteiger partial charge in [0.1, 0.15) is 11.5 Å². The smallest absolute Gasteiger partial charge is 0.281 e. The van der Waals surface area contributed by atoms with Gasteiger partial charge in [0, 0.05) is 33.2 Å². The maximum Gasteiger partial charge on any atom is 0.281 e. The molecule has 0 bridgehead atoms. The zero-order valence-electron chi connectivity index (χ0n) is 18.6. The van der Waals surface area contributed by atoms with Crippen LogP contribution in [0.2, 0.25) is 5.02 Å². The molecule has 1 saturated heterocycles. The van der Waals surface area contributed by atoms with E-state index in [9.17, 15) is 9.18 Å². The standard InChI is InChI=1S/C27H21ClFN3OS/c1-16-10-11-19(12-17(16)2)32-26(33)24(30-27(32)34)13-18-14-31(25-9-4-3-6-20(18)25)15-21-22(28)7-5-8-23(21)29/h3-14H,15H2,1-2H3,(H,30,34)/b24-13-. The predicted molar refractivity (Wildman–Crippen MR) is 140 cm³/mol. The molecule has 3 aromatic carbocycles. The van der Waals surface area contributed by atoms with E-state index < -0.39 is 0 Å². The number of rotatable bonds is 4. The molecule has 0 aliphatic carbocycles. The highest BCUT2D eigenvalue weighted by molar-refractivity contribution is 7.80. The zero-order chi connectivity index (χ0) is 24.0. The van der Waals surface area contributed by atoms with Crippen LogP contribution in [-0.4, -0.2) is 15.6 Å². The van der Waals surface area contributed by atoms with E-state index in [2.05, 4.69) is 5.32 Å². The second kappa shape index (κ2) is 8.70. The Morgan fingerprint density at radius 1 is 1.06 bits per heavy atom. The molecule has 0 spiro atoms. The van der Waals surface area contributed by atoms with Crippen molar-refractivity contribution in [2.24, 2.45) is 0 Å². The molecule has 4 aromatic rings. The van der Waals surface area contributed by atoms with Crippen LogP contribution < -0.4 is 10.2 Å². The Balaban J connectivity index is 1.54. The third-order valence-electron chi connectivity index (χ3n) is 6.14. The summed E-state index contributed by atoms with van der Waals surface area (Å²) in [6, 6.07) is 18.3. The molecule has 1 aromatic heterocycles. The maximum atomic E-state index is 14.4. The monoisotopic (exact) mass is 489 g/mol. The van der Waals surface area contributed by atoms with E-state index in [0.29, 0.717) is 21.4 Å². The Morgan fingerprint density at radius 3 is 2.62 bits per heavy atom. The number of para-hydroxylation sites is 1. The average Bonchev–Trinajstić information content (AvgIpc) is 3.29. The quantitative estimate of drug-likeness (QED) is 0.267. The number of nitrogens with one attached hydrogen (secondary N) is 1. The van der Waals surface area contributed by atoms with Crippen molar-refractivity contribution >= 4 is 57.5 Å². The topological polar surface area (TPSA) is 37.3 Å². The summed E-state index contributed by atoms with van der Waals surface area (Å²) < 4.78 is 16.4. The Bertz CT molecular complexity index is 1490. The van der Waals surface area contributed by atoms with Crippen LogP contribution in [0.15, 0.2) is 72.6 Å². The third kappa shape index (κ3) is 3.89. The molecular weight excluding hydrogens is 469 g/mol. The molecule has 1 amide bonds. The van der Waals surface area contributed by atoms with Crippen LogP contribution in [0.25, 0.3) is 17.0 Å². The molecule has 0 unspecified atom stereocenters. The normalized spacial score (nSPS) is 14.9. The minimum Gasteiger partial charge on any atom is -0.342 e. The number of benzene rings is 3. The summed E-state index contributed by atoms with van der Waals surface area (Å²) in [5.41, 5.74) is 5.49. The van der Waals surface area contributed by atoms with Gasteiger partial charge in [-0.3, -0.25) is 9.69 Å². The summed E-state index contributed by atoms with van der Waals surface area (Å²) >= 11 is 11.7. The molecule has 2 heterocycles. The van der Waals surface area contributed by atoms with Gasteiger partial charge < -0.3 is 9.88 Å². The fourth-order valence-corrected chi connectivity index (χ4v) is 4.69. The molecule has 1 aliphatic heterocycles. The SMILES string of the molecule is Cc1ccc(N2C(=O)/C(=C/c3cn(Cc4c(F)cccc4Cl)c4ccccc34)NC2=S)cc1C. The molecule has 0 radical (unpaired) electrons. The number of carbonyl (C=O) groups is 1. The van der Waals surface area contributed by atoms with Crippen molar-refractivity contribution < 1.29 is 9.18 Å². The van der Waals surface area contributed by atoms with E-state index >= 15 is 0 Å². The summed E-state index contributed by atoms with van der Waals surface area (Å²) in [5, 5.41) is 4.70. The zero-order valence-corrected chi connectivity index (χ0v) is 20.2. The van der Waals surface area contributed by atoms with Gasteiger partial charge in [-0.25, -0.2) is 4.39 Å². The molecule has 1 N–H and O–H groups in total. The first-order valence-corrected chi connectivity index (χ1v) is 11.6. The van der Waals surface area contributed by atoms with Crippen LogP contribution in [0, 0.1) is 19.7 Å². The lowest BCUT2D eigenvalue weighted by Gasteiger charge is -2.15. The molecule has 170 valence electrons. The minimum absolute atomic E-state index is 0.220. The number of hydrogen-bond donors (Lipinski definition) is 1. The van der Waals surface area contributed by atoms with Gasteiger partial charge in [0.05, 0.1) is 12.2 Å². The molecule has 5 rings (SSSR count). The number of amides is 1. The number of halogens is 2. The van der Waals surface area contributed by atoms with Crippen LogP contribution in [0.3, 0.4) is 0 Å². The highest BCUT2D eigenvalue weighted by Crippen LogP contribution is 2.29. The van der Waals surface area contributed by atoms with Crippen molar-refractivity contribution in [3.8, 4) is 0 Å². The minimum atomic E-state index is -0.354. The van der Waals surface area contributed by atoms with Gasteiger partial charge in [0.15, 0.2) is 5.11 Å². The number of carbonyl (C=O) groups excluding carboxylic acids is 1. The van der Waals surface area contributed by atoms with Crippen LogP contribution in [0.5, 0.6) is 0 Å². The van der Waals surface area contributed by atoms with Crippen molar-refractivity contribution in [2.75, 3.05) is 4.90 Å². The average molecular weight is 490 g/mol. The first-order valence-electron chi connectivity index (χ1n) is 10.8. The first-order chi connectivity index (χ1) is 16.3. The third-order valence-corrected chi connectivity index (χ3v) is 6.78. The molecule has 1 fully saturated rings. The fraction of sp³-hybridized carbons (Fsp3) is 0.111. The highest BCUT2D eigenvalue weighted by atomic mass is 35.5. The van der Waals surface area contributed by atoms with Gasteiger partial charge in [0.2, 0.25) is 0 Å². The second-order valence-corrected chi connectivity index (χ2v) is 9.12. The van der Waals surface area contributed by atoms with Crippen molar-refractivity contribution in [3.05, 3.63) is 106 Å². The van der Waals surface area contributed by atoms with Crippen LogP contribution in [0.4, 0.5) is 10.1 Å². The van der Waals surface area contributed by atoms with Gasteiger partial charge in [-0.05, 0) is 73.6 Å². The van der Waals surface area contributed by atoms with Crippen molar-refractivity contribution in [2.45, 2.75) is 20.4 Å². The van der Waals surface area contributed by atoms with Crippen LogP contribution in [-0.2, 0) is 11.3 Å².